The van der Waals surface area contributed by atoms with Crippen molar-refractivity contribution in [3.63, 3.8) is 0 Å². The number of nitrogens with zero attached hydrogens (tertiary/aromatic N) is 1. The number of benzene rings is 1. The van der Waals surface area contributed by atoms with Gasteiger partial charge in [0.05, 0.1) is 0 Å². The van der Waals surface area contributed by atoms with Gasteiger partial charge in [-0.1, -0.05) is 19.4 Å². The van der Waals surface area contributed by atoms with Gasteiger partial charge in [-0.3, -0.25) is 4.79 Å². The summed E-state index contributed by atoms with van der Waals surface area (Å²) in [5.41, 5.74) is 7.06. The minimum atomic E-state index is 0. The molecule has 1 aliphatic rings. The lowest BCUT2D eigenvalue weighted by Gasteiger charge is -2.31. The predicted octanol–water partition coefficient (Wildman–Crippen LogP) is 2.95. The normalized spacial score (nSPS) is 16.2. The van der Waals surface area contributed by atoms with E-state index in [0.717, 1.165) is 31.8 Å². The maximum absolute atomic E-state index is 12.2. The number of hydrogen-bond donors (Lipinski definition) is 1. The minimum absolute atomic E-state index is 0. The van der Waals surface area contributed by atoms with Gasteiger partial charge in [-0.25, -0.2) is 0 Å². The maximum atomic E-state index is 12.2. The van der Waals surface area contributed by atoms with Crippen molar-refractivity contribution in [1.82, 2.24) is 4.90 Å². The first-order valence-electron chi connectivity index (χ1n) is 6.35. The summed E-state index contributed by atoms with van der Waals surface area (Å²) in [5, 5.41) is 0. The second-order valence-electron chi connectivity index (χ2n) is 4.77. The number of nitrogens with two attached hydrogens (primary N) is 1. The molecule has 18 heavy (non-hydrogen) atoms. The Balaban J connectivity index is 0.00000162. The van der Waals surface area contributed by atoms with Crippen LogP contribution >= 0.6 is 12.4 Å². The maximum Gasteiger partial charge on any atom is 0.253 e. The fourth-order valence-electron chi connectivity index (χ4n) is 2.40. The third-order valence-electron chi connectivity index (χ3n) is 3.61. The Morgan fingerprint density at radius 2 is 2.06 bits per heavy atom. The van der Waals surface area contributed by atoms with Crippen molar-refractivity contribution >= 4 is 24.0 Å². The molecular weight excluding hydrogens is 248 g/mol. The van der Waals surface area contributed by atoms with Crippen LogP contribution in [0.4, 0.5) is 5.69 Å². The molecule has 0 atom stereocenters. The van der Waals surface area contributed by atoms with Gasteiger partial charge in [0.1, 0.15) is 0 Å². The second kappa shape index (κ2) is 6.64. The van der Waals surface area contributed by atoms with Gasteiger partial charge in [-0.2, -0.15) is 0 Å². The van der Waals surface area contributed by atoms with Crippen molar-refractivity contribution in [1.29, 1.82) is 0 Å². The Morgan fingerprint density at radius 3 is 2.61 bits per heavy atom. The zero-order chi connectivity index (χ0) is 12.3. The van der Waals surface area contributed by atoms with Crippen molar-refractivity contribution in [2.45, 2.75) is 26.2 Å². The molecule has 100 valence electrons. The quantitative estimate of drug-likeness (QED) is 0.839. The van der Waals surface area contributed by atoms with Gasteiger partial charge >= 0.3 is 0 Å². The van der Waals surface area contributed by atoms with E-state index in [2.05, 4.69) is 6.92 Å². The average molecular weight is 269 g/mol. The molecule has 1 saturated heterocycles. The van der Waals surface area contributed by atoms with Crippen molar-refractivity contribution in [3.05, 3.63) is 29.8 Å². The number of hydrogen-bond acceptors (Lipinski definition) is 2. The highest BCUT2D eigenvalue weighted by Gasteiger charge is 2.22. The molecule has 3 nitrogen and oxygen atoms in total. The first kappa shape index (κ1) is 14.8. The molecule has 1 aromatic carbocycles. The number of piperidine rings is 1. The first-order valence-corrected chi connectivity index (χ1v) is 6.35. The van der Waals surface area contributed by atoms with Gasteiger partial charge in [-0.15, -0.1) is 12.4 Å². The first-order chi connectivity index (χ1) is 8.20. The summed E-state index contributed by atoms with van der Waals surface area (Å²) in [6.45, 7) is 3.98. The molecule has 1 aromatic rings. The summed E-state index contributed by atoms with van der Waals surface area (Å²) < 4.78 is 0. The number of likely N-dealkylation sites (tertiary alicyclic amines) is 1. The van der Waals surface area contributed by atoms with Crippen LogP contribution in [0.5, 0.6) is 0 Å². The van der Waals surface area contributed by atoms with E-state index in [-0.39, 0.29) is 18.3 Å². The van der Waals surface area contributed by atoms with Gasteiger partial charge in [0.15, 0.2) is 0 Å². The number of halogens is 1. The van der Waals surface area contributed by atoms with Crippen molar-refractivity contribution in [2.24, 2.45) is 5.92 Å². The SMILES string of the molecule is CCC1CCN(C(=O)c2cccc(N)c2)CC1.Cl. The lowest BCUT2D eigenvalue weighted by molar-refractivity contribution is 0.0689. The van der Waals surface area contributed by atoms with E-state index in [0.29, 0.717) is 11.3 Å². The standard InChI is InChI=1S/C14H20N2O.ClH/c1-2-11-6-8-16(9-7-11)14(17)12-4-3-5-13(15)10-12;/h3-5,10-11H,2,6-9,15H2,1H3;1H. The van der Waals surface area contributed by atoms with E-state index in [9.17, 15) is 4.79 Å². The molecular formula is C14H21ClN2O. The largest absolute Gasteiger partial charge is 0.399 e. The second-order valence-corrected chi connectivity index (χ2v) is 4.77. The Morgan fingerprint density at radius 1 is 1.39 bits per heavy atom. The van der Waals surface area contributed by atoms with Crippen LogP contribution in [-0.2, 0) is 0 Å². The molecule has 0 unspecified atom stereocenters. The zero-order valence-electron chi connectivity index (χ0n) is 10.8. The van der Waals surface area contributed by atoms with Gasteiger partial charge in [-0.05, 0) is 37.0 Å². The monoisotopic (exact) mass is 268 g/mol. The summed E-state index contributed by atoms with van der Waals surface area (Å²) >= 11 is 0. The molecule has 1 amide bonds. The summed E-state index contributed by atoms with van der Waals surface area (Å²) in [7, 11) is 0. The number of nitrogen functional groups attached to an aromatic ring is 1. The van der Waals surface area contributed by atoms with Crippen molar-refractivity contribution in [3.8, 4) is 0 Å². The molecule has 0 saturated carbocycles. The van der Waals surface area contributed by atoms with Crippen LogP contribution in [-0.4, -0.2) is 23.9 Å². The van der Waals surface area contributed by atoms with Crippen molar-refractivity contribution < 1.29 is 4.79 Å². The Labute approximate surface area is 115 Å². The highest BCUT2D eigenvalue weighted by molar-refractivity contribution is 5.95. The molecule has 2 N–H and O–H groups in total. The van der Waals surface area contributed by atoms with Gasteiger partial charge in [0, 0.05) is 24.3 Å². The van der Waals surface area contributed by atoms with E-state index in [1.807, 2.05) is 17.0 Å². The highest BCUT2D eigenvalue weighted by Crippen LogP contribution is 2.21. The summed E-state index contributed by atoms with van der Waals surface area (Å²) in [4.78, 5) is 14.2. The number of carbonyl (C=O) groups excluding carboxylic acids is 1. The number of amides is 1. The molecule has 1 aliphatic heterocycles. The molecule has 0 spiro atoms. The molecule has 0 aliphatic carbocycles. The number of carbonyl (C=O) groups is 1. The highest BCUT2D eigenvalue weighted by atomic mass is 35.5. The van der Waals surface area contributed by atoms with Crippen LogP contribution < -0.4 is 5.73 Å². The smallest absolute Gasteiger partial charge is 0.253 e. The fourth-order valence-corrected chi connectivity index (χ4v) is 2.40. The molecule has 1 fully saturated rings. The third kappa shape index (κ3) is 3.39. The predicted molar refractivity (Wildman–Crippen MR) is 77.0 cm³/mol. The topological polar surface area (TPSA) is 46.3 Å². The summed E-state index contributed by atoms with van der Waals surface area (Å²) in [5.74, 6) is 0.909. The van der Waals surface area contributed by atoms with Gasteiger partial charge in [0.25, 0.3) is 5.91 Å². The fraction of sp³-hybridized carbons (Fsp3) is 0.500. The minimum Gasteiger partial charge on any atom is -0.399 e. The van der Waals surface area contributed by atoms with E-state index >= 15 is 0 Å². The van der Waals surface area contributed by atoms with Crippen LogP contribution in [0.25, 0.3) is 0 Å². The van der Waals surface area contributed by atoms with E-state index in [4.69, 9.17) is 5.73 Å². The summed E-state index contributed by atoms with van der Waals surface area (Å²) in [6.07, 6.45) is 3.48. The number of rotatable bonds is 2. The van der Waals surface area contributed by atoms with E-state index in [1.54, 1.807) is 12.1 Å². The third-order valence-corrected chi connectivity index (χ3v) is 3.61. The molecule has 4 heteroatoms. The lowest BCUT2D eigenvalue weighted by atomic mass is 9.94. The van der Waals surface area contributed by atoms with Crippen LogP contribution in [0.1, 0.15) is 36.5 Å². The van der Waals surface area contributed by atoms with E-state index in [1.165, 1.54) is 6.42 Å². The Hall–Kier alpha value is -1.22. The summed E-state index contributed by atoms with van der Waals surface area (Å²) in [6, 6.07) is 7.24. The van der Waals surface area contributed by atoms with Crippen LogP contribution in [0.15, 0.2) is 24.3 Å². The van der Waals surface area contributed by atoms with Gasteiger partial charge < -0.3 is 10.6 Å². The number of anilines is 1. The molecule has 0 aromatic heterocycles. The Kier molecular flexibility index (Phi) is 5.48. The molecule has 2 rings (SSSR count). The van der Waals surface area contributed by atoms with Crippen LogP contribution in [0.3, 0.4) is 0 Å². The zero-order valence-corrected chi connectivity index (χ0v) is 11.6. The lowest BCUT2D eigenvalue weighted by Crippen LogP contribution is -2.38. The molecule has 1 heterocycles. The van der Waals surface area contributed by atoms with Crippen molar-refractivity contribution in [2.75, 3.05) is 18.8 Å². The van der Waals surface area contributed by atoms with Crippen LogP contribution in [0.2, 0.25) is 0 Å². The average Bonchev–Trinajstić information content (AvgIpc) is 2.38. The Bertz CT molecular complexity index is 401. The van der Waals surface area contributed by atoms with Crippen LogP contribution in [0, 0.1) is 5.92 Å². The molecule has 0 bridgehead atoms. The van der Waals surface area contributed by atoms with Gasteiger partial charge in [0.2, 0.25) is 0 Å². The van der Waals surface area contributed by atoms with E-state index < -0.39 is 0 Å². The molecule has 0 radical (unpaired) electrons.